The predicted molar refractivity (Wildman–Crippen MR) is 128 cm³/mol. The third kappa shape index (κ3) is 4.44. The van der Waals surface area contributed by atoms with Crippen molar-refractivity contribution in [2.45, 2.75) is 110 Å². The first-order chi connectivity index (χ1) is 15.4. The second kappa shape index (κ2) is 9.68. The number of carbonyl (C=O) groups excluding carboxylic acids is 1. The Morgan fingerprint density at radius 3 is 2.25 bits per heavy atom. The molecule has 1 aromatic heterocycles. The maximum absolute atomic E-state index is 13.1. The number of nitriles is 1. The topological polar surface area (TPSA) is 72.3 Å². The van der Waals surface area contributed by atoms with E-state index in [2.05, 4.69) is 44.0 Å². The molecule has 4 rings (SSSR count). The van der Waals surface area contributed by atoms with E-state index in [1.165, 1.54) is 36.8 Å². The average Bonchev–Trinajstić information content (AvgIpc) is 2.77. The van der Waals surface area contributed by atoms with E-state index in [1.807, 2.05) is 4.90 Å². The van der Waals surface area contributed by atoms with E-state index in [1.54, 1.807) is 0 Å². The molecule has 2 atom stereocenters. The van der Waals surface area contributed by atoms with E-state index < -0.39 is 0 Å². The van der Waals surface area contributed by atoms with E-state index in [0.29, 0.717) is 25.0 Å². The third-order valence-corrected chi connectivity index (χ3v) is 7.57. The molecule has 2 aliphatic carbocycles. The van der Waals surface area contributed by atoms with E-state index >= 15 is 0 Å². The smallest absolute Gasteiger partial charge is 0.318 e. The highest BCUT2D eigenvalue weighted by Crippen LogP contribution is 2.36. The predicted octanol–water partition coefficient (Wildman–Crippen LogP) is 4.90. The van der Waals surface area contributed by atoms with E-state index in [0.717, 1.165) is 49.2 Å². The summed E-state index contributed by atoms with van der Waals surface area (Å²) in [5.74, 6) is 1.17. The van der Waals surface area contributed by atoms with Crippen LogP contribution in [0.5, 0.6) is 0 Å². The Labute approximate surface area is 193 Å². The van der Waals surface area contributed by atoms with Crippen LogP contribution in [0.2, 0.25) is 0 Å². The maximum Gasteiger partial charge on any atom is 0.318 e. The number of anilines is 1. The minimum atomic E-state index is 0.0641. The number of nitrogens with zero attached hydrogens (tertiary/aromatic N) is 4. The first-order valence-corrected chi connectivity index (χ1v) is 12.7. The second-order valence-corrected chi connectivity index (χ2v) is 10.4. The molecule has 0 radical (unpaired) electrons. The molecule has 1 N–H and O–H groups in total. The van der Waals surface area contributed by atoms with E-state index in [9.17, 15) is 10.1 Å². The van der Waals surface area contributed by atoms with Crippen LogP contribution < -0.4 is 10.2 Å². The summed E-state index contributed by atoms with van der Waals surface area (Å²) in [6.07, 6.45) is 10.2. The van der Waals surface area contributed by atoms with Crippen LogP contribution >= 0.6 is 0 Å². The van der Waals surface area contributed by atoms with Gasteiger partial charge < -0.3 is 15.1 Å². The van der Waals surface area contributed by atoms with Gasteiger partial charge >= 0.3 is 6.03 Å². The number of hydrogen-bond acceptors (Lipinski definition) is 4. The largest absolute Gasteiger partial charge is 0.351 e. The summed E-state index contributed by atoms with van der Waals surface area (Å²) in [5, 5.41) is 13.4. The van der Waals surface area contributed by atoms with Crippen LogP contribution in [0.25, 0.3) is 0 Å². The van der Waals surface area contributed by atoms with Crippen molar-refractivity contribution in [2.75, 3.05) is 18.0 Å². The van der Waals surface area contributed by atoms with Crippen molar-refractivity contribution in [3.8, 4) is 6.07 Å². The lowest BCUT2D eigenvalue weighted by Crippen LogP contribution is -2.62. The van der Waals surface area contributed by atoms with Crippen molar-refractivity contribution in [3.05, 3.63) is 22.4 Å². The number of urea groups is 1. The van der Waals surface area contributed by atoms with Gasteiger partial charge in [-0.15, -0.1) is 0 Å². The minimum absolute atomic E-state index is 0.0641. The van der Waals surface area contributed by atoms with Gasteiger partial charge in [-0.05, 0) is 69.4 Å². The number of carbonyl (C=O) groups is 1. The number of piperazine rings is 1. The van der Waals surface area contributed by atoms with Crippen LogP contribution in [0.15, 0.2) is 0 Å². The first kappa shape index (κ1) is 22.9. The molecular weight excluding hydrogens is 398 g/mol. The normalized spacial score (nSPS) is 24.2. The van der Waals surface area contributed by atoms with Crippen LogP contribution in [-0.2, 0) is 12.8 Å². The maximum atomic E-state index is 13.1. The lowest BCUT2D eigenvalue weighted by Gasteiger charge is -2.45. The number of pyridine rings is 1. The van der Waals surface area contributed by atoms with Crippen molar-refractivity contribution in [2.24, 2.45) is 0 Å². The molecule has 0 bridgehead atoms. The van der Waals surface area contributed by atoms with Crippen LogP contribution in [0.3, 0.4) is 0 Å². The molecule has 174 valence electrons. The van der Waals surface area contributed by atoms with Gasteiger partial charge in [0.25, 0.3) is 0 Å². The fourth-order valence-corrected chi connectivity index (χ4v) is 6.05. The molecule has 2 amide bonds. The first-order valence-electron chi connectivity index (χ1n) is 12.7. The molecule has 1 saturated carbocycles. The summed E-state index contributed by atoms with van der Waals surface area (Å²) in [7, 11) is 0. The summed E-state index contributed by atoms with van der Waals surface area (Å²) >= 11 is 0. The van der Waals surface area contributed by atoms with Gasteiger partial charge in [-0.25, -0.2) is 9.78 Å². The molecule has 1 saturated heterocycles. The van der Waals surface area contributed by atoms with Crippen molar-refractivity contribution >= 4 is 11.8 Å². The Kier molecular flexibility index (Phi) is 6.93. The van der Waals surface area contributed by atoms with Crippen molar-refractivity contribution in [1.82, 2.24) is 15.2 Å². The fraction of sp³-hybridized carbons (Fsp3) is 0.731. The molecule has 6 nitrogen and oxygen atoms in total. The number of rotatable bonds is 3. The molecule has 0 aromatic carbocycles. The van der Waals surface area contributed by atoms with Crippen LogP contribution in [-0.4, -0.2) is 47.1 Å². The number of hydrogen-bond donors (Lipinski definition) is 1. The van der Waals surface area contributed by atoms with Gasteiger partial charge in [0.1, 0.15) is 11.9 Å². The highest BCUT2D eigenvalue weighted by atomic mass is 16.2. The summed E-state index contributed by atoms with van der Waals surface area (Å²) in [5.41, 5.74) is 4.47. The molecule has 2 fully saturated rings. The number of nitrogens with one attached hydrogen (secondary N) is 1. The Morgan fingerprint density at radius 1 is 1.03 bits per heavy atom. The Bertz CT molecular complexity index is 871. The van der Waals surface area contributed by atoms with Gasteiger partial charge in [0.05, 0.1) is 5.56 Å². The molecule has 32 heavy (non-hydrogen) atoms. The molecule has 0 spiro atoms. The average molecular weight is 438 g/mol. The summed E-state index contributed by atoms with van der Waals surface area (Å²) in [4.78, 5) is 22.5. The lowest BCUT2D eigenvalue weighted by molar-refractivity contribution is 0.136. The minimum Gasteiger partial charge on any atom is -0.351 e. The van der Waals surface area contributed by atoms with Gasteiger partial charge in [-0.3, -0.25) is 0 Å². The van der Waals surface area contributed by atoms with E-state index in [4.69, 9.17) is 4.98 Å². The molecular formula is C26H39N5O. The van der Waals surface area contributed by atoms with Gasteiger partial charge in [0.2, 0.25) is 0 Å². The fourth-order valence-electron chi connectivity index (χ4n) is 6.05. The summed E-state index contributed by atoms with van der Waals surface area (Å²) in [6.45, 7) is 10.1. The molecule has 6 heteroatoms. The molecule has 1 aromatic rings. The van der Waals surface area contributed by atoms with Crippen molar-refractivity contribution in [1.29, 1.82) is 5.26 Å². The monoisotopic (exact) mass is 437 g/mol. The van der Waals surface area contributed by atoms with Gasteiger partial charge in [-0.2, -0.15) is 5.26 Å². The standard InChI is InChI=1S/C26H39N5O/c1-17(2)24-22-13-9-8-12-21(22)23(14-27)25(29-24)30-15-18(3)31(19(4)16-30)26(32)28-20-10-6-5-7-11-20/h17-20H,5-13,15-16H2,1-4H3,(H,28,32)/t18-,19+. The number of fused-ring (bicyclic) bond motifs is 1. The zero-order valence-corrected chi connectivity index (χ0v) is 20.3. The van der Waals surface area contributed by atoms with Crippen LogP contribution in [0.4, 0.5) is 10.6 Å². The molecule has 1 aliphatic heterocycles. The van der Waals surface area contributed by atoms with Crippen molar-refractivity contribution < 1.29 is 4.79 Å². The quantitative estimate of drug-likeness (QED) is 0.730. The Balaban J connectivity index is 1.57. The zero-order valence-electron chi connectivity index (χ0n) is 20.3. The Morgan fingerprint density at radius 2 is 1.66 bits per heavy atom. The van der Waals surface area contributed by atoms with Crippen molar-refractivity contribution in [3.63, 3.8) is 0 Å². The second-order valence-electron chi connectivity index (χ2n) is 10.4. The van der Waals surface area contributed by atoms with E-state index in [-0.39, 0.29) is 18.1 Å². The Hall–Kier alpha value is -2.29. The summed E-state index contributed by atoms with van der Waals surface area (Å²) < 4.78 is 0. The van der Waals surface area contributed by atoms with Crippen LogP contribution in [0.1, 0.15) is 101 Å². The molecule has 3 aliphatic rings. The van der Waals surface area contributed by atoms with Gasteiger partial charge in [0.15, 0.2) is 0 Å². The molecule has 2 heterocycles. The zero-order chi connectivity index (χ0) is 22.8. The lowest BCUT2D eigenvalue weighted by atomic mass is 9.85. The highest BCUT2D eigenvalue weighted by molar-refractivity contribution is 5.76. The SMILES string of the molecule is CC(C)c1nc(N2C[C@@H](C)N(C(=O)NC3CCCCC3)[C@@H](C)C2)c(C#N)c2c1CCCC2. The number of aromatic nitrogens is 1. The van der Waals surface area contributed by atoms with Gasteiger partial charge in [-0.1, -0.05) is 33.1 Å². The van der Waals surface area contributed by atoms with Gasteiger partial charge in [0, 0.05) is 36.9 Å². The molecule has 0 unspecified atom stereocenters. The number of amides is 2. The van der Waals surface area contributed by atoms with Crippen LogP contribution in [0, 0.1) is 11.3 Å². The highest BCUT2D eigenvalue weighted by Gasteiger charge is 2.36. The summed E-state index contributed by atoms with van der Waals surface area (Å²) in [6, 6.07) is 3.02. The third-order valence-electron chi connectivity index (χ3n) is 7.57.